The normalized spacial score (nSPS) is 21.7. The van der Waals surface area contributed by atoms with Crippen molar-refractivity contribution in [2.24, 2.45) is 5.92 Å². The van der Waals surface area contributed by atoms with Crippen LogP contribution in [-0.4, -0.2) is 23.9 Å². The maximum atomic E-state index is 13.8. The predicted octanol–water partition coefficient (Wildman–Crippen LogP) is 3.93. The van der Waals surface area contributed by atoms with E-state index in [1.807, 2.05) is 0 Å². The average molecular weight is 276 g/mol. The number of halogens is 3. The summed E-state index contributed by atoms with van der Waals surface area (Å²) in [5.74, 6) is 0.934. The summed E-state index contributed by atoms with van der Waals surface area (Å²) in [6.45, 7) is 2.59. The maximum Gasteiger partial charge on any atom is 0.146 e. The molecule has 2 rings (SSSR count). The topological polar surface area (TPSA) is 3.24 Å². The van der Waals surface area contributed by atoms with Gasteiger partial charge in [0.05, 0.1) is 5.02 Å². The van der Waals surface area contributed by atoms with E-state index in [0.29, 0.717) is 23.9 Å². The summed E-state index contributed by atoms with van der Waals surface area (Å²) >= 11 is 11.7. The Morgan fingerprint density at radius 1 is 1.41 bits per heavy atom. The van der Waals surface area contributed by atoms with E-state index in [1.54, 1.807) is 18.2 Å². The van der Waals surface area contributed by atoms with Crippen molar-refractivity contribution < 1.29 is 4.39 Å². The Morgan fingerprint density at radius 2 is 2.24 bits per heavy atom. The van der Waals surface area contributed by atoms with E-state index < -0.39 is 0 Å². The molecule has 4 heteroatoms. The van der Waals surface area contributed by atoms with Crippen LogP contribution in [-0.2, 0) is 6.54 Å². The lowest BCUT2D eigenvalue weighted by Crippen LogP contribution is -2.35. The van der Waals surface area contributed by atoms with Crippen LogP contribution in [0.2, 0.25) is 5.02 Å². The van der Waals surface area contributed by atoms with Gasteiger partial charge in [0.25, 0.3) is 0 Å². The lowest BCUT2D eigenvalue weighted by atomic mass is 9.99. The molecule has 1 heterocycles. The predicted molar refractivity (Wildman–Crippen MR) is 70.1 cm³/mol. The first kappa shape index (κ1) is 13.1. The third-order valence-corrected chi connectivity index (χ3v) is 3.98. The van der Waals surface area contributed by atoms with Gasteiger partial charge in [-0.05, 0) is 31.4 Å². The molecule has 1 fully saturated rings. The van der Waals surface area contributed by atoms with Gasteiger partial charge in [-0.2, -0.15) is 0 Å². The number of alkyl halides is 1. The quantitative estimate of drug-likeness (QED) is 0.756. The number of hydrogen-bond donors (Lipinski definition) is 0. The number of rotatable bonds is 3. The van der Waals surface area contributed by atoms with Crippen LogP contribution in [0.15, 0.2) is 18.2 Å². The first-order valence-corrected chi connectivity index (χ1v) is 6.83. The fourth-order valence-electron chi connectivity index (χ4n) is 2.33. The molecular formula is C13H16Cl2FN. The van der Waals surface area contributed by atoms with Crippen LogP contribution in [0.25, 0.3) is 0 Å². The Labute approximate surface area is 112 Å². The summed E-state index contributed by atoms with van der Waals surface area (Å²) in [5.41, 5.74) is 0.674. The van der Waals surface area contributed by atoms with Crippen LogP contribution in [0.5, 0.6) is 0 Å². The summed E-state index contributed by atoms with van der Waals surface area (Å²) in [6, 6.07) is 5.17. The molecule has 0 aliphatic carbocycles. The molecule has 1 saturated heterocycles. The highest BCUT2D eigenvalue weighted by Gasteiger charge is 2.20. The van der Waals surface area contributed by atoms with Gasteiger partial charge in [0.1, 0.15) is 5.82 Å². The van der Waals surface area contributed by atoms with Crippen LogP contribution in [0.4, 0.5) is 4.39 Å². The third kappa shape index (κ3) is 3.34. The SMILES string of the molecule is Fc1c(Cl)cccc1CN1CCCC(CCl)C1. The van der Waals surface area contributed by atoms with Crippen molar-refractivity contribution in [3.8, 4) is 0 Å². The highest BCUT2D eigenvalue weighted by atomic mass is 35.5. The molecule has 0 spiro atoms. The Hall–Kier alpha value is -0.310. The van der Waals surface area contributed by atoms with Crippen LogP contribution in [0, 0.1) is 11.7 Å². The highest BCUT2D eigenvalue weighted by Crippen LogP contribution is 2.23. The van der Waals surface area contributed by atoms with Crippen LogP contribution < -0.4 is 0 Å². The lowest BCUT2D eigenvalue weighted by Gasteiger charge is -2.31. The zero-order chi connectivity index (χ0) is 12.3. The van der Waals surface area contributed by atoms with Crippen molar-refractivity contribution >= 4 is 23.2 Å². The molecule has 0 aromatic heterocycles. The molecule has 1 aromatic carbocycles. The summed E-state index contributed by atoms with van der Waals surface area (Å²) in [5, 5.41) is 0.202. The number of likely N-dealkylation sites (tertiary alicyclic amines) is 1. The molecular weight excluding hydrogens is 260 g/mol. The highest BCUT2D eigenvalue weighted by molar-refractivity contribution is 6.30. The number of hydrogen-bond acceptors (Lipinski definition) is 1. The molecule has 0 N–H and O–H groups in total. The minimum absolute atomic E-state index is 0.202. The first-order chi connectivity index (χ1) is 8.20. The Balaban J connectivity index is 2.02. The molecule has 1 aromatic rings. The second-order valence-electron chi connectivity index (χ2n) is 4.61. The summed E-state index contributed by atoms with van der Waals surface area (Å²) in [4.78, 5) is 2.26. The van der Waals surface area contributed by atoms with Crippen LogP contribution in [0.3, 0.4) is 0 Å². The minimum Gasteiger partial charge on any atom is -0.299 e. The molecule has 1 aliphatic heterocycles. The summed E-state index contributed by atoms with van der Waals surface area (Å²) in [7, 11) is 0. The van der Waals surface area contributed by atoms with E-state index in [-0.39, 0.29) is 10.8 Å². The zero-order valence-electron chi connectivity index (χ0n) is 9.63. The minimum atomic E-state index is -0.290. The van der Waals surface area contributed by atoms with E-state index >= 15 is 0 Å². The van der Waals surface area contributed by atoms with Gasteiger partial charge in [0.2, 0.25) is 0 Å². The van der Waals surface area contributed by atoms with Gasteiger partial charge in [-0.3, -0.25) is 4.90 Å². The van der Waals surface area contributed by atoms with Gasteiger partial charge >= 0.3 is 0 Å². The molecule has 0 bridgehead atoms. The Morgan fingerprint density at radius 3 is 3.00 bits per heavy atom. The molecule has 1 atom stereocenters. The summed E-state index contributed by atoms with van der Waals surface area (Å²) < 4.78 is 13.8. The Kier molecular flexibility index (Phi) is 4.66. The monoisotopic (exact) mass is 275 g/mol. The van der Waals surface area contributed by atoms with Gasteiger partial charge in [0, 0.05) is 24.5 Å². The molecule has 0 amide bonds. The Bertz CT molecular complexity index is 384. The van der Waals surface area contributed by atoms with Crippen molar-refractivity contribution in [3.05, 3.63) is 34.6 Å². The molecule has 0 saturated carbocycles. The van der Waals surface area contributed by atoms with E-state index in [1.165, 1.54) is 6.42 Å². The molecule has 1 unspecified atom stereocenters. The number of piperidine rings is 1. The number of benzene rings is 1. The third-order valence-electron chi connectivity index (χ3n) is 3.25. The lowest BCUT2D eigenvalue weighted by molar-refractivity contribution is 0.176. The van der Waals surface area contributed by atoms with Gasteiger partial charge in [-0.15, -0.1) is 11.6 Å². The van der Waals surface area contributed by atoms with E-state index in [9.17, 15) is 4.39 Å². The zero-order valence-corrected chi connectivity index (χ0v) is 11.1. The van der Waals surface area contributed by atoms with Gasteiger partial charge in [-0.1, -0.05) is 23.7 Å². The fourth-order valence-corrected chi connectivity index (χ4v) is 2.78. The van der Waals surface area contributed by atoms with Gasteiger partial charge < -0.3 is 0 Å². The molecule has 17 heavy (non-hydrogen) atoms. The summed E-state index contributed by atoms with van der Waals surface area (Å²) in [6.07, 6.45) is 2.32. The van der Waals surface area contributed by atoms with Crippen molar-refractivity contribution in [2.45, 2.75) is 19.4 Å². The first-order valence-electron chi connectivity index (χ1n) is 5.92. The average Bonchev–Trinajstić information content (AvgIpc) is 2.35. The van der Waals surface area contributed by atoms with Gasteiger partial charge in [-0.25, -0.2) is 4.39 Å². The van der Waals surface area contributed by atoms with Crippen LogP contribution in [0.1, 0.15) is 18.4 Å². The fraction of sp³-hybridized carbons (Fsp3) is 0.538. The molecule has 0 radical (unpaired) electrons. The van der Waals surface area contributed by atoms with Gasteiger partial charge in [0.15, 0.2) is 0 Å². The smallest absolute Gasteiger partial charge is 0.146 e. The second-order valence-corrected chi connectivity index (χ2v) is 5.33. The maximum absolute atomic E-state index is 13.8. The second kappa shape index (κ2) is 6.03. The standard InChI is InChI=1S/C13H16Cl2FN/c14-7-10-3-2-6-17(8-10)9-11-4-1-5-12(15)13(11)16/h1,4-5,10H,2-3,6-9H2. The van der Waals surface area contributed by atoms with Crippen molar-refractivity contribution in [1.29, 1.82) is 0 Å². The molecule has 94 valence electrons. The van der Waals surface area contributed by atoms with Crippen molar-refractivity contribution in [2.75, 3.05) is 19.0 Å². The molecule has 1 nitrogen and oxygen atoms in total. The van der Waals surface area contributed by atoms with E-state index in [0.717, 1.165) is 19.5 Å². The number of nitrogens with zero attached hydrogens (tertiary/aromatic N) is 1. The largest absolute Gasteiger partial charge is 0.299 e. The van der Waals surface area contributed by atoms with E-state index in [4.69, 9.17) is 23.2 Å². The van der Waals surface area contributed by atoms with Crippen molar-refractivity contribution in [3.63, 3.8) is 0 Å². The van der Waals surface area contributed by atoms with Crippen molar-refractivity contribution in [1.82, 2.24) is 4.90 Å². The van der Waals surface area contributed by atoms with E-state index in [2.05, 4.69) is 4.90 Å². The molecule has 1 aliphatic rings. The van der Waals surface area contributed by atoms with Crippen LogP contribution >= 0.6 is 23.2 Å².